The molecule has 29 heavy (non-hydrogen) atoms. The van der Waals surface area contributed by atoms with Gasteiger partial charge in [-0.15, -0.1) is 0 Å². The molecule has 4 nitrogen and oxygen atoms in total. The minimum absolute atomic E-state index is 0.108. The molecule has 3 aromatic rings. The van der Waals surface area contributed by atoms with E-state index >= 15 is 0 Å². The van der Waals surface area contributed by atoms with Gasteiger partial charge in [-0.3, -0.25) is 14.6 Å². The van der Waals surface area contributed by atoms with Gasteiger partial charge in [-0.1, -0.05) is 31.2 Å². The molecule has 148 valence electrons. The third-order valence-electron chi connectivity index (χ3n) is 5.69. The SMILES string of the molecule is CCC(=O)N1CCC(C(=O)c2ccc(-c3ccc4cccnc4c3)cc2F)CC1. The maximum absolute atomic E-state index is 14.8. The molecule has 1 aliphatic rings. The van der Waals surface area contributed by atoms with Crippen molar-refractivity contribution in [1.29, 1.82) is 0 Å². The number of Topliss-reactive ketones (excluding diaryl/α,β-unsaturated/α-hetero) is 1. The van der Waals surface area contributed by atoms with Crippen LogP contribution in [0.5, 0.6) is 0 Å². The van der Waals surface area contributed by atoms with Crippen molar-refractivity contribution in [3.8, 4) is 11.1 Å². The second-order valence-electron chi connectivity index (χ2n) is 7.48. The van der Waals surface area contributed by atoms with Crippen LogP contribution in [-0.4, -0.2) is 34.7 Å². The van der Waals surface area contributed by atoms with Crippen molar-refractivity contribution < 1.29 is 14.0 Å². The van der Waals surface area contributed by atoms with Gasteiger partial charge < -0.3 is 4.90 Å². The lowest BCUT2D eigenvalue weighted by atomic mass is 9.88. The number of fused-ring (bicyclic) bond motifs is 1. The average molecular weight is 390 g/mol. The van der Waals surface area contributed by atoms with Gasteiger partial charge in [0.05, 0.1) is 11.1 Å². The quantitative estimate of drug-likeness (QED) is 0.597. The maximum Gasteiger partial charge on any atom is 0.222 e. The van der Waals surface area contributed by atoms with Crippen molar-refractivity contribution in [2.45, 2.75) is 26.2 Å². The number of nitrogens with zero attached hydrogens (tertiary/aromatic N) is 2. The Morgan fingerprint density at radius 2 is 1.79 bits per heavy atom. The predicted octanol–water partition coefficient (Wildman–Crippen LogP) is 4.87. The van der Waals surface area contributed by atoms with Crippen LogP contribution in [0.1, 0.15) is 36.5 Å². The Morgan fingerprint density at radius 3 is 2.52 bits per heavy atom. The number of aromatic nitrogens is 1. The number of halogens is 1. The lowest BCUT2D eigenvalue weighted by molar-refractivity contribution is -0.132. The van der Waals surface area contributed by atoms with Gasteiger partial charge >= 0.3 is 0 Å². The predicted molar refractivity (Wildman–Crippen MR) is 111 cm³/mol. The summed E-state index contributed by atoms with van der Waals surface area (Å²) in [6.07, 6.45) is 3.37. The normalized spacial score (nSPS) is 14.9. The van der Waals surface area contributed by atoms with Gasteiger partial charge in [-0.05, 0) is 48.2 Å². The molecule has 2 aromatic carbocycles. The third-order valence-corrected chi connectivity index (χ3v) is 5.69. The molecule has 0 N–H and O–H groups in total. The zero-order valence-corrected chi connectivity index (χ0v) is 16.4. The summed E-state index contributed by atoms with van der Waals surface area (Å²) >= 11 is 0. The molecule has 0 unspecified atom stereocenters. The second-order valence-corrected chi connectivity index (χ2v) is 7.48. The molecule has 4 rings (SSSR count). The molecule has 1 aromatic heterocycles. The minimum Gasteiger partial charge on any atom is -0.343 e. The maximum atomic E-state index is 14.8. The highest BCUT2D eigenvalue weighted by molar-refractivity contribution is 5.98. The first kappa shape index (κ1) is 19.2. The fraction of sp³-hybridized carbons (Fsp3) is 0.292. The van der Waals surface area contributed by atoms with E-state index in [-0.39, 0.29) is 23.2 Å². The largest absolute Gasteiger partial charge is 0.343 e. The number of likely N-dealkylation sites (tertiary alicyclic amines) is 1. The number of ketones is 1. The Kier molecular flexibility index (Phi) is 5.38. The van der Waals surface area contributed by atoms with Gasteiger partial charge in [0.1, 0.15) is 5.82 Å². The third kappa shape index (κ3) is 3.90. The van der Waals surface area contributed by atoms with Crippen LogP contribution < -0.4 is 0 Å². The van der Waals surface area contributed by atoms with E-state index in [0.29, 0.717) is 32.4 Å². The highest BCUT2D eigenvalue weighted by Gasteiger charge is 2.28. The standard InChI is InChI=1S/C24H23FN2O2/c1-2-23(28)27-12-9-17(10-13-27)24(29)20-8-7-18(14-21(20)25)19-6-5-16-4-3-11-26-22(16)15-19/h3-8,11,14-15,17H,2,9-10,12-13H2,1H3. The van der Waals surface area contributed by atoms with Crippen LogP contribution in [0.15, 0.2) is 54.7 Å². The number of piperidine rings is 1. The van der Waals surface area contributed by atoms with Crippen molar-refractivity contribution >= 4 is 22.6 Å². The Morgan fingerprint density at radius 1 is 1.07 bits per heavy atom. The molecule has 0 radical (unpaired) electrons. The van der Waals surface area contributed by atoms with Crippen LogP contribution >= 0.6 is 0 Å². The lowest BCUT2D eigenvalue weighted by Crippen LogP contribution is -2.40. The summed E-state index contributed by atoms with van der Waals surface area (Å²) in [4.78, 5) is 30.8. The molecule has 2 heterocycles. The number of carbonyl (C=O) groups excluding carboxylic acids is 2. The Balaban J connectivity index is 1.52. The van der Waals surface area contributed by atoms with Gasteiger partial charge in [0.2, 0.25) is 5.91 Å². The zero-order chi connectivity index (χ0) is 20.4. The molecule has 1 amide bonds. The molecule has 5 heteroatoms. The van der Waals surface area contributed by atoms with Crippen LogP contribution in [-0.2, 0) is 4.79 Å². The number of hydrogen-bond acceptors (Lipinski definition) is 3. The van der Waals surface area contributed by atoms with Crippen molar-refractivity contribution in [2.75, 3.05) is 13.1 Å². The number of amides is 1. The first-order valence-electron chi connectivity index (χ1n) is 10.0. The van der Waals surface area contributed by atoms with E-state index in [9.17, 15) is 14.0 Å². The van der Waals surface area contributed by atoms with Crippen LogP contribution in [0.2, 0.25) is 0 Å². The average Bonchev–Trinajstić information content (AvgIpc) is 2.77. The van der Waals surface area contributed by atoms with Crippen molar-refractivity contribution in [1.82, 2.24) is 9.88 Å². The van der Waals surface area contributed by atoms with E-state index < -0.39 is 5.82 Å². The topological polar surface area (TPSA) is 50.3 Å². The smallest absolute Gasteiger partial charge is 0.222 e. The van der Waals surface area contributed by atoms with E-state index in [1.807, 2.05) is 37.3 Å². The monoisotopic (exact) mass is 390 g/mol. The summed E-state index contributed by atoms with van der Waals surface area (Å²) in [5, 5.41) is 1.02. The van der Waals surface area contributed by atoms with Crippen LogP contribution in [0.25, 0.3) is 22.0 Å². The fourth-order valence-electron chi connectivity index (χ4n) is 3.98. The highest BCUT2D eigenvalue weighted by atomic mass is 19.1. The molecular formula is C24H23FN2O2. The van der Waals surface area contributed by atoms with E-state index in [1.54, 1.807) is 23.2 Å². The lowest BCUT2D eigenvalue weighted by Gasteiger charge is -2.31. The fourth-order valence-corrected chi connectivity index (χ4v) is 3.98. The Bertz CT molecular complexity index is 1070. The molecule has 1 saturated heterocycles. The number of carbonyl (C=O) groups is 2. The molecule has 1 aliphatic heterocycles. The van der Waals surface area contributed by atoms with E-state index in [4.69, 9.17) is 0 Å². The number of benzene rings is 2. The summed E-state index contributed by atoms with van der Waals surface area (Å²) in [5.74, 6) is -0.795. The van der Waals surface area contributed by atoms with Crippen LogP contribution in [0.4, 0.5) is 4.39 Å². The first-order chi connectivity index (χ1) is 14.1. The molecular weight excluding hydrogens is 367 g/mol. The van der Waals surface area contributed by atoms with E-state index in [2.05, 4.69) is 4.98 Å². The van der Waals surface area contributed by atoms with Crippen molar-refractivity contribution in [2.24, 2.45) is 5.92 Å². The summed E-state index contributed by atoms with van der Waals surface area (Å²) in [7, 11) is 0. The van der Waals surface area contributed by atoms with Gasteiger partial charge in [0.15, 0.2) is 5.78 Å². The van der Waals surface area contributed by atoms with Crippen LogP contribution in [0.3, 0.4) is 0 Å². The molecule has 0 saturated carbocycles. The molecule has 0 atom stereocenters. The number of hydrogen-bond donors (Lipinski definition) is 0. The van der Waals surface area contributed by atoms with Crippen molar-refractivity contribution in [3.05, 3.63) is 66.1 Å². The Labute approximate surface area is 169 Å². The zero-order valence-electron chi connectivity index (χ0n) is 16.4. The van der Waals surface area contributed by atoms with Gasteiger partial charge in [0, 0.05) is 37.0 Å². The van der Waals surface area contributed by atoms with Crippen molar-refractivity contribution in [3.63, 3.8) is 0 Å². The summed E-state index contributed by atoms with van der Waals surface area (Å²) in [6, 6.07) is 14.5. The molecule has 0 bridgehead atoms. The van der Waals surface area contributed by atoms with Gasteiger partial charge in [0.25, 0.3) is 0 Å². The number of pyridine rings is 1. The van der Waals surface area contributed by atoms with Gasteiger partial charge in [-0.25, -0.2) is 4.39 Å². The molecule has 1 fully saturated rings. The Hall–Kier alpha value is -3.08. The molecule has 0 aliphatic carbocycles. The van der Waals surface area contributed by atoms with E-state index in [0.717, 1.165) is 22.0 Å². The second kappa shape index (κ2) is 8.11. The summed E-state index contributed by atoms with van der Waals surface area (Å²) in [6.45, 7) is 2.96. The van der Waals surface area contributed by atoms with E-state index in [1.165, 1.54) is 6.07 Å². The minimum atomic E-state index is -0.499. The summed E-state index contributed by atoms with van der Waals surface area (Å²) in [5.41, 5.74) is 2.56. The summed E-state index contributed by atoms with van der Waals surface area (Å²) < 4.78 is 14.8. The first-order valence-corrected chi connectivity index (χ1v) is 10.0. The number of rotatable bonds is 4. The van der Waals surface area contributed by atoms with Crippen LogP contribution in [0, 0.1) is 11.7 Å². The highest BCUT2D eigenvalue weighted by Crippen LogP contribution is 2.28. The molecule has 0 spiro atoms. The van der Waals surface area contributed by atoms with Gasteiger partial charge in [-0.2, -0.15) is 0 Å².